The van der Waals surface area contributed by atoms with Crippen molar-refractivity contribution in [1.29, 1.82) is 0 Å². The Morgan fingerprint density at radius 1 is 1.19 bits per heavy atom. The fourth-order valence-corrected chi connectivity index (χ4v) is 3.51. The standard InChI is InChI=1S/C20H33N3O3.HI/c1-4-25-16-8-9-18(26-5-2)17(14-16)23-19(21)22-15-20(12-13-24-3)10-6-7-11-20;/h8-9,14H,4-7,10-13,15H2,1-3H3,(H3,21,22,23);1H. The summed E-state index contributed by atoms with van der Waals surface area (Å²) in [5.41, 5.74) is 7.17. The zero-order valence-electron chi connectivity index (χ0n) is 16.8. The molecule has 0 spiro atoms. The van der Waals surface area contributed by atoms with Crippen molar-refractivity contribution >= 4 is 35.6 Å². The van der Waals surface area contributed by atoms with E-state index in [9.17, 15) is 0 Å². The molecule has 27 heavy (non-hydrogen) atoms. The van der Waals surface area contributed by atoms with E-state index in [4.69, 9.17) is 19.9 Å². The van der Waals surface area contributed by atoms with Crippen LogP contribution in [0.2, 0.25) is 0 Å². The number of hydrogen-bond donors (Lipinski definition) is 2. The minimum atomic E-state index is 0. The molecular weight excluding hydrogens is 457 g/mol. The zero-order valence-corrected chi connectivity index (χ0v) is 19.1. The van der Waals surface area contributed by atoms with Crippen LogP contribution >= 0.6 is 24.0 Å². The van der Waals surface area contributed by atoms with Gasteiger partial charge in [-0.25, -0.2) is 0 Å². The van der Waals surface area contributed by atoms with Crippen LogP contribution in [0, 0.1) is 5.41 Å². The predicted molar refractivity (Wildman–Crippen MR) is 122 cm³/mol. The van der Waals surface area contributed by atoms with Crippen LogP contribution in [-0.2, 0) is 4.74 Å². The van der Waals surface area contributed by atoms with E-state index in [-0.39, 0.29) is 29.4 Å². The van der Waals surface area contributed by atoms with E-state index in [0.717, 1.165) is 36.8 Å². The highest BCUT2D eigenvalue weighted by molar-refractivity contribution is 14.0. The molecule has 1 aliphatic carbocycles. The van der Waals surface area contributed by atoms with E-state index >= 15 is 0 Å². The maximum Gasteiger partial charge on any atom is 0.193 e. The molecule has 0 heterocycles. The third kappa shape index (κ3) is 7.37. The number of nitrogens with two attached hydrogens (primary N) is 1. The largest absolute Gasteiger partial charge is 0.494 e. The molecule has 0 amide bonds. The lowest BCUT2D eigenvalue weighted by Gasteiger charge is -2.27. The lowest BCUT2D eigenvalue weighted by atomic mass is 9.83. The topological polar surface area (TPSA) is 78.1 Å². The first-order valence-electron chi connectivity index (χ1n) is 9.58. The summed E-state index contributed by atoms with van der Waals surface area (Å²) >= 11 is 0. The minimum absolute atomic E-state index is 0. The number of rotatable bonds is 10. The average Bonchev–Trinajstić information content (AvgIpc) is 3.10. The Hall–Kier alpha value is -1.22. The Kier molecular flexibility index (Phi) is 10.8. The molecule has 0 unspecified atom stereocenters. The predicted octanol–water partition coefficient (Wildman–Crippen LogP) is 4.43. The highest BCUT2D eigenvalue weighted by Crippen LogP contribution is 2.41. The van der Waals surface area contributed by atoms with Gasteiger partial charge >= 0.3 is 0 Å². The molecule has 154 valence electrons. The molecule has 6 nitrogen and oxygen atoms in total. The number of aliphatic imine (C=N–C) groups is 1. The Labute approximate surface area is 180 Å². The van der Waals surface area contributed by atoms with E-state index < -0.39 is 0 Å². The molecule has 2 rings (SSSR count). The summed E-state index contributed by atoms with van der Waals surface area (Å²) < 4.78 is 16.5. The molecule has 0 atom stereocenters. The number of ether oxygens (including phenoxy) is 3. The van der Waals surface area contributed by atoms with Crippen molar-refractivity contribution in [2.24, 2.45) is 16.1 Å². The average molecular weight is 491 g/mol. The van der Waals surface area contributed by atoms with Crippen LogP contribution in [0.4, 0.5) is 5.69 Å². The summed E-state index contributed by atoms with van der Waals surface area (Å²) in [5, 5.41) is 3.18. The van der Waals surface area contributed by atoms with E-state index in [1.165, 1.54) is 25.7 Å². The van der Waals surface area contributed by atoms with Crippen LogP contribution in [0.25, 0.3) is 0 Å². The van der Waals surface area contributed by atoms with Crippen LogP contribution in [0.1, 0.15) is 46.0 Å². The van der Waals surface area contributed by atoms with Crippen LogP contribution in [0.5, 0.6) is 11.5 Å². The molecule has 1 aromatic rings. The molecule has 1 fully saturated rings. The summed E-state index contributed by atoms with van der Waals surface area (Å²) in [6, 6.07) is 5.68. The molecule has 0 aliphatic heterocycles. The van der Waals surface area contributed by atoms with Crippen molar-refractivity contribution < 1.29 is 14.2 Å². The first-order chi connectivity index (χ1) is 12.6. The Morgan fingerprint density at radius 3 is 2.52 bits per heavy atom. The van der Waals surface area contributed by atoms with Gasteiger partial charge in [0.15, 0.2) is 5.96 Å². The second-order valence-corrected chi connectivity index (χ2v) is 6.80. The van der Waals surface area contributed by atoms with Crippen LogP contribution in [0.3, 0.4) is 0 Å². The van der Waals surface area contributed by atoms with E-state index in [0.29, 0.717) is 19.2 Å². The number of halogens is 1. The highest BCUT2D eigenvalue weighted by atomic mass is 127. The number of guanidine groups is 1. The number of methoxy groups -OCH3 is 1. The molecule has 1 saturated carbocycles. The van der Waals surface area contributed by atoms with Gasteiger partial charge in [0.2, 0.25) is 0 Å². The van der Waals surface area contributed by atoms with Gasteiger partial charge in [-0.15, -0.1) is 24.0 Å². The van der Waals surface area contributed by atoms with Gasteiger partial charge in [0.05, 0.1) is 18.9 Å². The Balaban J connectivity index is 0.00000364. The minimum Gasteiger partial charge on any atom is -0.494 e. The second kappa shape index (κ2) is 12.3. The van der Waals surface area contributed by atoms with Gasteiger partial charge in [-0.3, -0.25) is 4.99 Å². The lowest BCUT2D eigenvalue weighted by molar-refractivity contribution is 0.141. The molecule has 0 radical (unpaired) electrons. The number of nitrogens with one attached hydrogen (secondary N) is 1. The van der Waals surface area contributed by atoms with Gasteiger partial charge in [-0.05, 0) is 50.7 Å². The first kappa shape index (κ1) is 23.8. The summed E-state index contributed by atoms with van der Waals surface area (Å²) in [6.07, 6.45) is 5.94. The molecular formula is C20H34IN3O3. The fraction of sp³-hybridized carbons (Fsp3) is 0.650. The Morgan fingerprint density at radius 2 is 1.89 bits per heavy atom. The quantitative estimate of drug-likeness (QED) is 0.288. The van der Waals surface area contributed by atoms with E-state index in [1.54, 1.807) is 7.11 Å². The summed E-state index contributed by atoms with van der Waals surface area (Å²) in [6.45, 7) is 6.61. The number of anilines is 1. The third-order valence-corrected chi connectivity index (χ3v) is 4.91. The smallest absolute Gasteiger partial charge is 0.193 e. The van der Waals surface area contributed by atoms with Crippen molar-refractivity contribution in [3.63, 3.8) is 0 Å². The van der Waals surface area contributed by atoms with Gasteiger partial charge in [0.25, 0.3) is 0 Å². The zero-order chi connectivity index (χ0) is 18.8. The van der Waals surface area contributed by atoms with Crippen LogP contribution < -0.4 is 20.5 Å². The van der Waals surface area contributed by atoms with E-state index in [1.807, 2.05) is 32.0 Å². The molecule has 1 aliphatic rings. The number of hydrogen-bond acceptors (Lipinski definition) is 4. The molecule has 1 aromatic carbocycles. The van der Waals surface area contributed by atoms with Gasteiger partial charge < -0.3 is 25.3 Å². The second-order valence-electron chi connectivity index (χ2n) is 6.80. The van der Waals surface area contributed by atoms with Gasteiger partial charge in [0.1, 0.15) is 11.5 Å². The van der Waals surface area contributed by atoms with Crippen LogP contribution in [0.15, 0.2) is 23.2 Å². The van der Waals surface area contributed by atoms with Crippen molar-refractivity contribution in [1.82, 2.24) is 0 Å². The first-order valence-corrected chi connectivity index (χ1v) is 9.58. The monoisotopic (exact) mass is 491 g/mol. The molecule has 0 saturated heterocycles. The fourth-order valence-electron chi connectivity index (χ4n) is 3.51. The molecule has 7 heteroatoms. The molecule has 0 bridgehead atoms. The van der Waals surface area contributed by atoms with Crippen LogP contribution in [-0.4, -0.2) is 39.4 Å². The van der Waals surface area contributed by atoms with Crippen molar-refractivity contribution in [2.45, 2.75) is 46.0 Å². The number of benzene rings is 1. The third-order valence-electron chi connectivity index (χ3n) is 4.91. The summed E-state index contributed by atoms with van der Waals surface area (Å²) in [5.74, 6) is 1.92. The SMILES string of the molecule is CCOc1ccc(OCC)c(NC(N)=NCC2(CCOC)CCCC2)c1.I. The number of nitrogens with zero attached hydrogens (tertiary/aromatic N) is 1. The maximum absolute atomic E-state index is 6.17. The maximum atomic E-state index is 6.17. The highest BCUT2D eigenvalue weighted by Gasteiger charge is 2.33. The summed E-state index contributed by atoms with van der Waals surface area (Å²) in [4.78, 5) is 4.63. The van der Waals surface area contributed by atoms with E-state index in [2.05, 4.69) is 10.3 Å². The summed E-state index contributed by atoms with van der Waals surface area (Å²) in [7, 11) is 1.75. The van der Waals surface area contributed by atoms with Crippen molar-refractivity contribution in [3.05, 3.63) is 18.2 Å². The van der Waals surface area contributed by atoms with Crippen molar-refractivity contribution in [3.8, 4) is 11.5 Å². The normalized spacial score (nSPS) is 15.9. The van der Waals surface area contributed by atoms with Gasteiger partial charge in [-0.1, -0.05) is 12.8 Å². The molecule has 3 N–H and O–H groups in total. The Bertz CT molecular complexity index is 590. The lowest BCUT2D eigenvalue weighted by Crippen LogP contribution is -2.28. The van der Waals surface area contributed by atoms with Crippen molar-refractivity contribution in [2.75, 3.05) is 38.8 Å². The van der Waals surface area contributed by atoms with Gasteiger partial charge in [0, 0.05) is 26.3 Å². The van der Waals surface area contributed by atoms with Gasteiger partial charge in [-0.2, -0.15) is 0 Å². The molecule has 0 aromatic heterocycles.